The third kappa shape index (κ3) is 8.91. The van der Waals surface area contributed by atoms with E-state index in [1.165, 1.54) is 0 Å². The van der Waals surface area contributed by atoms with Crippen LogP contribution in [0.25, 0.3) is 0 Å². The van der Waals surface area contributed by atoms with Crippen molar-refractivity contribution in [3.63, 3.8) is 0 Å². The van der Waals surface area contributed by atoms with Crippen LogP contribution >= 0.6 is 0 Å². The molecule has 4 heavy (non-hydrogen) atoms. The minimum Gasteiger partial charge on any atom is 0 e. The maximum atomic E-state index is 0. The topological polar surface area (TPSA) is 0 Å². The second-order valence-corrected chi connectivity index (χ2v) is 0. The van der Waals surface area contributed by atoms with Crippen LogP contribution in [0.1, 0.15) is 0 Å². The molecule has 0 aromatic heterocycles. The molecule has 0 nitrogen and oxygen atoms in total. The summed E-state index contributed by atoms with van der Waals surface area (Å²) in [6, 6.07) is 0. The molecule has 0 amide bonds. The summed E-state index contributed by atoms with van der Waals surface area (Å²) in [7, 11) is 0. The van der Waals surface area contributed by atoms with Crippen LogP contribution in [0.15, 0.2) is 0 Å². The Morgan fingerprint density at radius 2 is 1.00 bits per heavy atom. The van der Waals surface area contributed by atoms with Gasteiger partial charge < -0.3 is 0 Å². The Hall–Kier alpha value is 2.14. The van der Waals surface area contributed by atoms with Gasteiger partial charge in [-0.05, 0) is 0 Å². The van der Waals surface area contributed by atoms with Crippen molar-refractivity contribution in [2.75, 3.05) is 0 Å². The van der Waals surface area contributed by atoms with E-state index in [4.69, 9.17) is 0 Å². The first kappa shape index (κ1) is 35.4. The van der Waals surface area contributed by atoms with Crippen molar-refractivity contribution >= 4 is 36.2 Å². The van der Waals surface area contributed by atoms with E-state index < -0.39 is 0 Å². The van der Waals surface area contributed by atoms with Crippen molar-refractivity contribution in [1.29, 1.82) is 0 Å². The zero-order valence-corrected chi connectivity index (χ0v) is 5.49. The summed E-state index contributed by atoms with van der Waals surface area (Å²) in [4.78, 5) is 0. The Balaban J connectivity index is 0. The molecule has 0 fully saturated rings. The molecule has 4 heteroatoms. The van der Waals surface area contributed by atoms with Crippen LogP contribution in [-0.4, -0.2) is 36.2 Å². The molecule has 0 aliphatic carbocycles. The molecule has 4 radical (unpaired) electrons. The van der Waals surface area contributed by atoms with Gasteiger partial charge >= 0.3 is 0 Å². The first-order valence-corrected chi connectivity index (χ1v) is 0. The fourth-order valence-electron chi connectivity index (χ4n) is 0. The van der Waals surface area contributed by atoms with Crippen LogP contribution in [-0.2, 0) is 33.6 Å². The van der Waals surface area contributed by atoms with Gasteiger partial charge in [-0.3, -0.25) is 0 Å². The maximum absolute atomic E-state index is 0. The van der Waals surface area contributed by atoms with Crippen molar-refractivity contribution in [3.8, 4) is 0 Å². The van der Waals surface area contributed by atoms with Gasteiger partial charge in [0.25, 0.3) is 0 Å². The summed E-state index contributed by atoms with van der Waals surface area (Å²) < 4.78 is 0. The van der Waals surface area contributed by atoms with Crippen LogP contribution in [0.2, 0.25) is 0 Å². The minimum absolute atomic E-state index is 0. The normalized spacial score (nSPS) is 0. The Bertz CT molecular complexity index is 8.00. The van der Waals surface area contributed by atoms with Gasteiger partial charge in [-0.1, -0.05) is 0 Å². The molecule has 0 atom stereocenters. The fraction of sp³-hybridized carbons (Fsp3) is 0. The number of hydrogen-bond donors (Lipinski definition) is 0. The zero-order valence-electron chi connectivity index (χ0n) is 2.25. The van der Waals surface area contributed by atoms with Crippen molar-refractivity contribution < 1.29 is 33.6 Å². The smallest absolute Gasteiger partial charge is 0 e. The Kier molecular flexibility index (Phi) is 170. The molecule has 22 valence electrons. The third-order valence-corrected chi connectivity index (χ3v) is 0. The second kappa shape index (κ2) is 19.2. The quantitative estimate of drug-likeness (QED) is 0.396. The van der Waals surface area contributed by atoms with Crippen LogP contribution in [0.3, 0.4) is 0 Å². The first-order valence-electron chi connectivity index (χ1n) is 0. The molecular weight excluding hydrogens is 148 g/mol. The summed E-state index contributed by atoms with van der Waals surface area (Å²) in [6.07, 6.45) is 0. The van der Waals surface area contributed by atoms with Crippen molar-refractivity contribution in [3.05, 3.63) is 0 Å². The second-order valence-electron chi connectivity index (χ2n) is 0. The average Bonchev–Trinajstić information content (AvgIpc) is 0. The SMILES string of the molecule is [Al].[Fe].[Li].[Ni]. The molecule has 0 heterocycles. The fourth-order valence-corrected chi connectivity index (χ4v) is 0. The summed E-state index contributed by atoms with van der Waals surface area (Å²) in [6.45, 7) is 0. The summed E-state index contributed by atoms with van der Waals surface area (Å²) >= 11 is 0. The molecule has 0 saturated heterocycles. The number of rotatable bonds is 0. The van der Waals surface area contributed by atoms with Gasteiger partial charge in [-0.2, -0.15) is 0 Å². The van der Waals surface area contributed by atoms with Gasteiger partial charge in [0, 0.05) is 69.8 Å². The van der Waals surface area contributed by atoms with Gasteiger partial charge in [0.2, 0.25) is 0 Å². The molecule has 0 bridgehead atoms. The molecule has 0 saturated carbocycles. The van der Waals surface area contributed by atoms with E-state index in [9.17, 15) is 0 Å². The van der Waals surface area contributed by atoms with E-state index in [0.717, 1.165) is 0 Å². The molecule has 0 aliphatic heterocycles. The van der Waals surface area contributed by atoms with Gasteiger partial charge in [-0.25, -0.2) is 0 Å². The van der Waals surface area contributed by atoms with Crippen LogP contribution < -0.4 is 0 Å². The molecule has 0 aliphatic rings. The van der Waals surface area contributed by atoms with Gasteiger partial charge in [0.05, 0.1) is 0 Å². The Labute approximate surface area is 69.2 Å². The van der Waals surface area contributed by atoms with E-state index in [-0.39, 0.29) is 69.8 Å². The zero-order chi connectivity index (χ0) is 0. The van der Waals surface area contributed by atoms with Gasteiger partial charge in [0.1, 0.15) is 0 Å². The predicted molar refractivity (Wildman–Crippen MR) is 11.5 cm³/mol. The summed E-state index contributed by atoms with van der Waals surface area (Å²) in [5, 5.41) is 0. The van der Waals surface area contributed by atoms with E-state index in [2.05, 4.69) is 0 Å². The largest absolute Gasteiger partial charge is 0 e. The van der Waals surface area contributed by atoms with E-state index in [1.54, 1.807) is 0 Å². The maximum Gasteiger partial charge on any atom is 0 e. The van der Waals surface area contributed by atoms with Gasteiger partial charge in [-0.15, -0.1) is 0 Å². The molecule has 0 N–H and O–H groups in total. The van der Waals surface area contributed by atoms with Gasteiger partial charge in [0.15, 0.2) is 0 Å². The van der Waals surface area contributed by atoms with Crippen molar-refractivity contribution in [2.45, 2.75) is 0 Å². The monoisotopic (exact) mass is 148 g/mol. The minimum atomic E-state index is 0. The van der Waals surface area contributed by atoms with Crippen molar-refractivity contribution in [1.82, 2.24) is 0 Å². The summed E-state index contributed by atoms with van der Waals surface area (Å²) in [5.74, 6) is 0. The van der Waals surface area contributed by atoms with E-state index >= 15 is 0 Å². The molecule has 0 unspecified atom stereocenters. The molecule has 0 aromatic carbocycles. The van der Waals surface area contributed by atoms with Crippen molar-refractivity contribution in [2.24, 2.45) is 0 Å². The molecular formula is AlFeLiNi. The molecule has 0 rings (SSSR count). The standard InChI is InChI=1S/Al.Fe.Li.Ni. The average molecular weight is 148 g/mol. The Morgan fingerprint density at radius 1 is 1.00 bits per heavy atom. The molecule has 0 aromatic rings. The van der Waals surface area contributed by atoms with E-state index in [1.807, 2.05) is 0 Å². The first-order chi connectivity index (χ1) is 0. The van der Waals surface area contributed by atoms with Crippen LogP contribution in [0, 0.1) is 0 Å². The summed E-state index contributed by atoms with van der Waals surface area (Å²) in [5.41, 5.74) is 0. The van der Waals surface area contributed by atoms with Crippen LogP contribution in [0.5, 0.6) is 0 Å². The van der Waals surface area contributed by atoms with Crippen LogP contribution in [0.4, 0.5) is 0 Å². The molecule has 0 spiro atoms. The predicted octanol–water partition coefficient (Wildman–Crippen LogP) is -0.767. The number of hydrogen-bond acceptors (Lipinski definition) is 0. The van der Waals surface area contributed by atoms with E-state index in [0.29, 0.717) is 0 Å². The Morgan fingerprint density at radius 3 is 1.00 bits per heavy atom. The third-order valence-electron chi connectivity index (χ3n) is 0.